The number of aromatic hydroxyl groups is 1. The first-order valence-electron chi connectivity index (χ1n) is 9.27. The smallest absolute Gasteiger partial charge is 0.330 e. The predicted octanol–water partition coefficient (Wildman–Crippen LogP) is 5.32. The highest BCUT2D eigenvalue weighted by molar-refractivity contribution is 5.85. The monoisotopic (exact) mass is 358 g/mol. The van der Waals surface area contributed by atoms with Gasteiger partial charge in [0.25, 0.3) is 0 Å². The van der Waals surface area contributed by atoms with Crippen LogP contribution in [-0.4, -0.2) is 21.8 Å². The third-order valence-electron chi connectivity index (χ3n) is 5.17. The Kier molecular flexibility index (Phi) is 6.52. The molecule has 0 aromatic heterocycles. The highest BCUT2D eigenvalue weighted by Crippen LogP contribution is 2.39. The van der Waals surface area contributed by atoms with Crippen LogP contribution in [0.25, 0.3) is 0 Å². The maximum Gasteiger partial charge on any atom is 0.330 e. The third-order valence-corrected chi connectivity index (χ3v) is 5.17. The molecule has 0 unspecified atom stereocenters. The van der Waals surface area contributed by atoms with Gasteiger partial charge in [-0.15, -0.1) is 0 Å². The predicted molar refractivity (Wildman–Crippen MR) is 104 cm³/mol. The van der Waals surface area contributed by atoms with Gasteiger partial charge < -0.3 is 14.9 Å². The second kappa shape index (κ2) is 8.43. The number of ether oxygens (including phenoxy) is 1. The van der Waals surface area contributed by atoms with E-state index in [2.05, 4.69) is 19.9 Å². The van der Waals surface area contributed by atoms with Crippen molar-refractivity contribution in [1.29, 1.82) is 0 Å². The molecule has 1 aliphatic rings. The standard InChI is InChI=1S/C22H30O4/c1-15(7-5-9-16(2)21(24)25)8-6-11-22(4)12-10-19-17(3)13-18(23)14-20(19)26-22/h8-9,13-14,23H,5-7,10-12H2,1-4H3,(H,24,25)/t22-/m1/s1. The number of hydrogen-bond donors (Lipinski definition) is 2. The van der Waals surface area contributed by atoms with Gasteiger partial charge in [0.15, 0.2) is 0 Å². The Balaban J connectivity index is 1.89. The van der Waals surface area contributed by atoms with Crippen molar-refractivity contribution in [2.45, 2.75) is 71.8 Å². The van der Waals surface area contributed by atoms with Gasteiger partial charge in [-0.05, 0) is 83.4 Å². The summed E-state index contributed by atoms with van der Waals surface area (Å²) >= 11 is 0. The molecule has 2 N–H and O–H groups in total. The minimum atomic E-state index is -0.851. The van der Waals surface area contributed by atoms with E-state index in [1.807, 2.05) is 6.92 Å². The number of aliphatic carboxylic acids is 1. The normalized spacial score (nSPS) is 20.5. The molecule has 4 heteroatoms. The van der Waals surface area contributed by atoms with Crippen molar-refractivity contribution < 1.29 is 19.7 Å². The zero-order chi connectivity index (χ0) is 19.3. The van der Waals surface area contributed by atoms with E-state index in [0.717, 1.165) is 49.8 Å². The van der Waals surface area contributed by atoms with Crippen LogP contribution in [0, 0.1) is 6.92 Å². The Bertz CT molecular complexity index is 730. The van der Waals surface area contributed by atoms with Crippen molar-refractivity contribution in [1.82, 2.24) is 0 Å². The Morgan fingerprint density at radius 3 is 2.69 bits per heavy atom. The fraction of sp³-hybridized carbons (Fsp3) is 0.500. The molecular weight excluding hydrogens is 328 g/mol. The SMILES string of the molecule is CC(=CCC[C@]1(C)CCc2c(C)cc(O)cc2O1)CCC=C(C)C(=O)O. The average molecular weight is 358 g/mol. The fourth-order valence-electron chi connectivity index (χ4n) is 3.39. The van der Waals surface area contributed by atoms with Crippen molar-refractivity contribution in [2.24, 2.45) is 0 Å². The fourth-order valence-corrected chi connectivity index (χ4v) is 3.39. The van der Waals surface area contributed by atoms with Gasteiger partial charge in [-0.3, -0.25) is 0 Å². The summed E-state index contributed by atoms with van der Waals surface area (Å²) < 4.78 is 6.24. The number of phenols is 1. The van der Waals surface area contributed by atoms with E-state index < -0.39 is 5.97 Å². The van der Waals surface area contributed by atoms with Crippen LogP contribution in [-0.2, 0) is 11.2 Å². The molecule has 1 heterocycles. The molecule has 1 atom stereocenters. The van der Waals surface area contributed by atoms with Crippen LogP contribution in [0.3, 0.4) is 0 Å². The van der Waals surface area contributed by atoms with Gasteiger partial charge in [0, 0.05) is 11.6 Å². The third kappa shape index (κ3) is 5.38. The van der Waals surface area contributed by atoms with Crippen LogP contribution < -0.4 is 4.74 Å². The summed E-state index contributed by atoms with van der Waals surface area (Å²) in [6, 6.07) is 3.51. The molecular formula is C22H30O4. The molecule has 0 spiro atoms. The zero-order valence-corrected chi connectivity index (χ0v) is 16.3. The van der Waals surface area contributed by atoms with E-state index in [0.29, 0.717) is 5.57 Å². The number of hydrogen-bond acceptors (Lipinski definition) is 3. The number of carboxylic acid groups (broad SMARTS) is 1. The molecule has 142 valence electrons. The van der Waals surface area contributed by atoms with E-state index >= 15 is 0 Å². The van der Waals surface area contributed by atoms with Crippen LogP contribution >= 0.6 is 0 Å². The first-order valence-corrected chi connectivity index (χ1v) is 9.27. The minimum absolute atomic E-state index is 0.218. The summed E-state index contributed by atoms with van der Waals surface area (Å²) in [6.07, 6.45) is 9.41. The van der Waals surface area contributed by atoms with Crippen molar-refractivity contribution in [3.05, 3.63) is 46.6 Å². The van der Waals surface area contributed by atoms with E-state index in [9.17, 15) is 9.90 Å². The number of phenolic OH excluding ortho intramolecular Hbond substituents is 1. The quantitative estimate of drug-likeness (QED) is 0.511. The zero-order valence-electron chi connectivity index (χ0n) is 16.3. The Labute approximate surface area is 156 Å². The Morgan fingerprint density at radius 2 is 2.00 bits per heavy atom. The molecule has 0 saturated heterocycles. The first kappa shape index (κ1) is 20.1. The molecule has 1 aromatic carbocycles. The Hall–Kier alpha value is -2.23. The van der Waals surface area contributed by atoms with Gasteiger partial charge in [-0.25, -0.2) is 4.79 Å². The van der Waals surface area contributed by atoms with E-state index in [-0.39, 0.29) is 11.4 Å². The topological polar surface area (TPSA) is 66.8 Å². The lowest BCUT2D eigenvalue weighted by atomic mass is 9.87. The summed E-state index contributed by atoms with van der Waals surface area (Å²) in [7, 11) is 0. The lowest BCUT2D eigenvalue weighted by Gasteiger charge is -2.36. The summed E-state index contributed by atoms with van der Waals surface area (Å²) in [5, 5.41) is 18.7. The number of allylic oxidation sites excluding steroid dienone is 3. The number of aryl methyl sites for hydroxylation is 1. The lowest BCUT2D eigenvalue weighted by molar-refractivity contribution is -0.132. The van der Waals surface area contributed by atoms with Crippen LogP contribution in [0.2, 0.25) is 0 Å². The summed E-state index contributed by atoms with van der Waals surface area (Å²) in [5.41, 5.74) is 3.74. The molecule has 0 radical (unpaired) electrons. The molecule has 4 nitrogen and oxygen atoms in total. The first-order chi connectivity index (χ1) is 12.2. The molecule has 1 aromatic rings. The molecule has 0 saturated carbocycles. The van der Waals surface area contributed by atoms with Gasteiger partial charge in [0.2, 0.25) is 0 Å². The van der Waals surface area contributed by atoms with Gasteiger partial charge in [0.1, 0.15) is 17.1 Å². The number of benzene rings is 1. The summed E-state index contributed by atoms with van der Waals surface area (Å²) in [4.78, 5) is 10.8. The molecule has 0 amide bonds. The van der Waals surface area contributed by atoms with Gasteiger partial charge in [-0.2, -0.15) is 0 Å². The van der Waals surface area contributed by atoms with Gasteiger partial charge in [0.05, 0.1) is 0 Å². The maximum absolute atomic E-state index is 10.8. The largest absolute Gasteiger partial charge is 0.508 e. The van der Waals surface area contributed by atoms with Crippen molar-refractivity contribution in [3.8, 4) is 11.5 Å². The average Bonchev–Trinajstić information content (AvgIpc) is 2.53. The number of rotatable bonds is 7. The highest BCUT2D eigenvalue weighted by Gasteiger charge is 2.31. The number of carboxylic acids is 1. The van der Waals surface area contributed by atoms with Gasteiger partial charge >= 0.3 is 5.97 Å². The number of fused-ring (bicyclic) bond motifs is 1. The van der Waals surface area contributed by atoms with Crippen molar-refractivity contribution in [3.63, 3.8) is 0 Å². The highest BCUT2D eigenvalue weighted by atomic mass is 16.5. The van der Waals surface area contributed by atoms with Gasteiger partial charge in [-0.1, -0.05) is 17.7 Å². The summed E-state index contributed by atoms with van der Waals surface area (Å²) in [5.74, 6) is 0.216. The van der Waals surface area contributed by atoms with Crippen molar-refractivity contribution in [2.75, 3.05) is 0 Å². The number of carbonyl (C=O) groups is 1. The molecule has 0 bridgehead atoms. The van der Waals surface area contributed by atoms with Crippen molar-refractivity contribution >= 4 is 5.97 Å². The van der Waals surface area contributed by atoms with Crippen LogP contribution in [0.15, 0.2) is 35.4 Å². The summed E-state index contributed by atoms with van der Waals surface area (Å²) in [6.45, 7) is 7.86. The van der Waals surface area contributed by atoms with Crippen LogP contribution in [0.1, 0.15) is 64.0 Å². The van der Waals surface area contributed by atoms with Crippen LogP contribution in [0.5, 0.6) is 11.5 Å². The molecule has 26 heavy (non-hydrogen) atoms. The maximum atomic E-state index is 10.8. The molecule has 1 aliphatic heterocycles. The molecule has 2 rings (SSSR count). The van der Waals surface area contributed by atoms with E-state index in [1.165, 1.54) is 11.1 Å². The van der Waals surface area contributed by atoms with E-state index in [1.54, 1.807) is 25.1 Å². The second-order valence-electron chi connectivity index (χ2n) is 7.61. The Morgan fingerprint density at radius 1 is 1.27 bits per heavy atom. The van der Waals surface area contributed by atoms with E-state index in [4.69, 9.17) is 9.84 Å². The lowest BCUT2D eigenvalue weighted by Crippen LogP contribution is -2.36. The minimum Gasteiger partial charge on any atom is -0.508 e. The second-order valence-corrected chi connectivity index (χ2v) is 7.61. The molecule has 0 fully saturated rings. The molecule has 0 aliphatic carbocycles. The van der Waals surface area contributed by atoms with Crippen LogP contribution in [0.4, 0.5) is 0 Å².